The van der Waals surface area contributed by atoms with Crippen LogP contribution in [0.3, 0.4) is 0 Å². The minimum absolute atomic E-state index is 0.0132. The summed E-state index contributed by atoms with van der Waals surface area (Å²) >= 11 is 0. The molecule has 46 heavy (non-hydrogen) atoms. The molecule has 0 bridgehead atoms. The van der Waals surface area contributed by atoms with Crippen molar-refractivity contribution in [3.63, 3.8) is 0 Å². The van der Waals surface area contributed by atoms with Crippen LogP contribution in [0.25, 0.3) is 0 Å². The molecule has 12 atom stereocenters. The molecule has 1 aliphatic heterocycles. The number of fused-ring (bicyclic) bond motifs is 2. The zero-order valence-corrected chi connectivity index (χ0v) is 29.5. The molecule has 4 aliphatic rings. The van der Waals surface area contributed by atoms with E-state index in [4.69, 9.17) is 4.74 Å². The molecule has 0 aromatic rings. The second kappa shape index (κ2) is 15.7. The van der Waals surface area contributed by atoms with Gasteiger partial charge in [0.2, 0.25) is 0 Å². The van der Waals surface area contributed by atoms with E-state index < -0.39 is 42.2 Å². The van der Waals surface area contributed by atoms with Crippen molar-refractivity contribution >= 4 is 12.3 Å². The van der Waals surface area contributed by atoms with E-state index in [1.54, 1.807) is 0 Å². The van der Waals surface area contributed by atoms with Gasteiger partial charge in [0.25, 0.3) is 0 Å². The van der Waals surface area contributed by atoms with Crippen LogP contribution >= 0.6 is 0 Å². The van der Waals surface area contributed by atoms with Crippen LogP contribution in [0.5, 0.6) is 0 Å². The molecule has 0 aromatic heterocycles. The normalized spacial score (nSPS) is 37.1. The Morgan fingerprint density at radius 3 is 2.20 bits per heavy atom. The van der Waals surface area contributed by atoms with Crippen LogP contribution in [-0.4, -0.2) is 52.0 Å². The van der Waals surface area contributed by atoms with Gasteiger partial charge in [-0.3, -0.25) is 4.79 Å². The number of rotatable bonds is 11. The molecule has 4 rings (SSSR count). The highest BCUT2D eigenvalue weighted by Gasteiger charge is 2.58. The molecule has 0 amide bonds. The fourth-order valence-electron chi connectivity index (χ4n) is 8.92. The molecule has 3 N–H and O–H groups in total. The number of cyclic esters (lactones) is 1. The van der Waals surface area contributed by atoms with E-state index >= 15 is 0 Å². The zero-order valence-electron chi connectivity index (χ0n) is 29.5. The largest absolute Gasteiger partial charge is 0.452 e. The molecular weight excluding hydrogens is 576 g/mol. The number of hydrogen-bond acceptors (Lipinski definition) is 6. The van der Waals surface area contributed by atoms with Crippen LogP contribution in [0.1, 0.15) is 107 Å². The summed E-state index contributed by atoms with van der Waals surface area (Å²) in [5.41, 5.74) is 5.39. The predicted octanol–water partition coefficient (Wildman–Crippen LogP) is 7.45. The van der Waals surface area contributed by atoms with E-state index in [1.165, 1.54) is 11.1 Å². The van der Waals surface area contributed by atoms with Crippen LogP contribution in [0.15, 0.2) is 57.7 Å². The minimum Gasteiger partial charge on any atom is -0.452 e. The smallest absolute Gasteiger partial charge is 0.335 e. The maximum absolute atomic E-state index is 14.0. The van der Waals surface area contributed by atoms with Crippen molar-refractivity contribution in [3.05, 3.63) is 57.7 Å². The molecule has 6 nitrogen and oxygen atoms in total. The van der Waals surface area contributed by atoms with E-state index in [0.717, 1.165) is 49.5 Å². The highest BCUT2D eigenvalue weighted by atomic mass is 16.6. The quantitative estimate of drug-likeness (QED) is 0.124. The lowest BCUT2D eigenvalue weighted by atomic mass is 9.67. The third-order valence-electron chi connectivity index (χ3n) is 11.4. The Bertz CT molecular complexity index is 1260. The van der Waals surface area contributed by atoms with Crippen molar-refractivity contribution in [3.8, 4) is 0 Å². The first-order chi connectivity index (χ1) is 21.8. The monoisotopic (exact) mass is 636 g/mol. The molecule has 1 saturated carbocycles. The fourth-order valence-corrected chi connectivity index (χ4v) is 8.92. The van der Waals surface area contributed by atoms with Crippen LogP contribution in [0.4, 0.5) is 0 Å². The number of ether oxygens (including phenoxy) is 1. The van der Waals surface area contributed by atoms with Crippen molar-refractivity contribution < 1.29 is 29.6 Å². The van der Waals surface area contributed by atoms with Crippen molar-refractivity contribution in [1.82, 2.24) is 0 Å². The highest BCUT2D eigenvalue weighted by Crippen LogP contribution is 2.58. The SMILES string of the molecule is CC(C)=CCC[C@@H](C)[C@H]1C2=C([C@H]3C[C@H]3[C@H](C)C[C@H]1O)[C@H]([C@H](O)[C@@H]1/C(C=O)=C\C/C=C(/C)C[C@@H](O)[C@H]1[C@H](C)CCC=C(C)C)OC2=O. The third kappa shape index (κ3) is 8.22. The molecule has 1 heterocycles. The fraction of sp³-hybridized carbons (Fsp3) is 0.700. The van der Waals surface area contributed by atoms with E-state index in [0.29, 0.717) is 36.3 Å². The lowest BCUT2D eigenvalue weighted by Crippen LogP contribution is -2.46. The standard InChI is InChI=1S/C40H60O6/c1-22(2)12-9-15-25(6)33-31(42)18-24(5)14-11-17-28(21-41)35(33)38(44)39-36-30-20-29(30)27(8)19-32(43)34(37(36)40(45)46-39)26(7)16-10-13-23(3)4/h12-14,17,21,25-27,29-35,38-39,42-44H,9-11,15-16,18-20H2,1-8H3/b24-14-,28-17-/t25-,26-,27-,29+,30+,31-,32-,33-,34-,35-,38-,39-/m1/s1. The van der Waals surface area contributed by atoms with Gasteiger partial charge in [-0.25, -0.2) is 4.79 Å². The number of allylic oxidation sites excluding steroid dienone is 6. The Morgan fingerprint density at radius 2 is 1.59 bits per heavy atom. The Hall–Kier alpha value is -2.28. The van der Waals surface area contributed by atoms with Crippen molar-refractivity contribution in [2.45, 2.75) is 131 Å². The van der Waals surface area contributed by atoms with Crippen molar-refractivity contribution in [2.75, 3.05) is 0 Å². The second-order valence-electron chi connectivity index (χ2n) is 15.7. The molecule has 3 aliphatic carbocycles. The first-order valence-corrected chi connectivity index (χ1v) is 17.8. The van der Waals surface area contributed by atoms with E-state index in [-0.39, 0.29) is 29.6 Å². The molecule has 256 valence electrons. The number of hydrogen-bond donors (Lipinski definition) is 3. The van der Waals surface area contributed by atoms with E-state index in [1.807, 2.05) is 19.1 Å². The summed E-state index contributed by atoms with van der Waals surface area (Å²) in [5, 5.41) is 35.9. The minimum atomic E-state index is -1.20. The maximum Gasteiger partial charge on any atom is 0.335 e. The second-order valence-corrected chi connectivity index (χ2v) is 15.7. The summed E-state index contributed by atoms with van der Waals surface area (Å²) in [6, 6.07) is 0. The molecular formula is C40H60O6. The number of aldehydes is 1. The average Bonchev–Trinajstić information content (AvgIpc) is 3.68. The van der Waals surface area contributed by atoms with Gasteiger partial charge in [0.15, 0.2) is 6.10 Å². The number of esters is 1. The predicted molar refractivity (Wildman–Crippen MR) is 184 cm³/mol. The third-order valence-corrected chi connectivity index (χ3v) is 11.4. The van der Waals surface area contributed by atoms with Gasteiger partial charge in [0.1, 0.15) is 12.4 Å². The molecule has 0 radical (unpaired) electrons. The van der Waals surface area contributed by atoms with Crippen molar-refractivity contribution in [2.24, 2.45) is 47.3 Å². The Labute approximate surface area is 277 Å². The van der Waals surface area contributed by atoms with Gasteiger partial charge in [-0.05, 0) is 133 Å². The highest BCUT2D eigenvalue weighted by molar-refractivity contribution is 5.93. The molecule has 1 fully saturated rings. The van der Waals surface area contributed by atoms with Crippen LogP contribution in [-0.2, 0) is 14.3 Å². The summed E-state index contributed by atoms with van der Waals surface area (Å²) in [7, 11) is 0. The summed E-state index contributed by atoms with van der Waals surface area (Å²) in [4.78, 5) is 26.7. The van der Waals surface area contributed by atoms with Gasteiger partial charge in [-0.15, -0.1) is 0 Å². The molecule has 0 aromatic carbocycles. The Balaban J connectivity index is 1.79. The van der Waals surface area contributed by atoms with Gasteiger partial charge in [-0.2, -0.15) is 0 Å². The molecule has 0 unspecified atom stereocenters. The average molecular weight is 637 g/mol. The van der Waals surface area contributed by atoms with E-state index in [2.05, 4.69) is 60.6 Å². The van der Waals surface area contributed by atoms with E-state index in [9.17, 15) is 24.9 Å². The van der Waals surface area contributed by atoms with Gasteiger partial charge < -0.3 is 20.1 Å². The first-order valence-electron chi connectivity index (χ1n) is 17.8. The van der Waals surface area contributed by atoms with Gasteiger partial charge >= 0.3 is 5.97 Å². The van der Waals surface area contributed by atoms with Gasteiger partial charge in [0.05, 0.1) is 12.2 Å². The Morgan fingerprint density at radius 1 is 0.957 bits per heavy atom. The maximum atomic E-state index is 14.0. The molecule has 0 saturated heterocycles. The van der Waals surface area contributed by atoms with Crippen LogP contribution < -0.4 is 0 Å². The summed E-state index contributed by atoms with van der Waals surface area (Å²) in [5.74, 6) is -1.22. The lowest BCUT2D eigenvalue weighted by molar-refractivity contribution is -0.148. The molecule has 0 spiro atoms. The Kier molecular flexibility index (Phi) is 12.5. The van der Waals surface area contributed by atoms with Gasteiger partial charge in [-0.1, -0.05) is 61.8 Å². The number of carbonyl (C=O) groups excluding carboxylic acids is 2. The van der Waals surface area contributed by atoms with Crippen LogP contribution in [0, 0.1) is 47.3 Å². The zero-order chi connectivity index (χ0) is 33.9. The topological polar surface area (TPSA) is 104 Å². The number of carbonyl (C=O) groups is 2. The van der Waals surface area contributed by atoms with Gasteiger partial charge in [0, 0.05) is 17.4 Å². The molecule has 6 heteroatoms. The number of aliphatic hydroxyl groups is 3. The summed E-state index contributed by atoms with van der Waals surface area (Å²) < 4.78 is 6.20. The van der Waals surface area contributed by atoms with Crippen LogP contribution in [0.2, 0.25) is 0 Å². The summed E-state index contributed by atoms with van der Waals surface area (Å²) in [6.45, 7) is 16.7. The number of aliphatic hydroxyl groups excluding tert-OH is 3. The first kappa shape index (κ1) is 36.6. The summed E-state index contributed by atoms with van der Waals surface area (Å²) in [6.07, 6.45) is 11.4. The lowest BCUT2D eigenvalue weighted by Gasteiger charge is -2.40. The van der Waals surface area contributed by atoms with Crippen molar-refractivity contribution in [1.29, 1.82) is 0 Å².